The van der Waals surface area contributed by atoms with Gasteiger partial charge in [0.25, 0.3) is 0 Å². The molecule has 164 valence electrons. The monoisotopic (exact) mass is 443 g/mol. The van der Waals surface area contributed by atoms with Crippen molar-refractivity contribution in [3.63, 3.8) is 0 Å². The Bertz CT molecular complexity index is 1070. The van der Waals surface area contributed by atoms with Crippen molar-refractivity contribution in [3.8, 4) is 11.4 Å². The van der Waals surface area contributed by atoms with Gasteiger partial charge in [0.2, 0.25) is 5.95 Å². The zero-order valence-corrected chi connectivity index (χ0v) is 18.5. The zero-order valence-electron chi connectivity index (χ0n) is 17.7. The predicted octanol–water partition coefficient (Wildman–Crippen LogP) is 2.35. The van der Waals surface area contributed by atoms with E-state index in [1.165, 1.54) is 11.3 Å². The Morgan fingerprint density at radius 3 is 2.61 bits per heavy atom. The summed E-state index contributed by atoms with van der Waals surface area (Å²) in [4.78, 5) is 32.6. The summed E-state index contributed by atoms with van der Waals surface area (Å²) in [6.45, 7) is 8.58. The van der Waals surface area contributed by atoms with Crippen LogP contribution in [0.5, 0.6) is 0 Å². The molecule has 11 heteroatoms. The number of rotatable bonds is 5. The van der Waals surface area contributed by atoms with E-state index < -0.39 is 5.60 Å². The van der Waals surface area contributed by atoms with Crippen LogP contribution in [0.25, 0.3) is 21.6 Å². The summed E-state index contributed by atoms with van der Waals surface area (Å²) in [6, 6.07) is 1.54. The zero-order chi connectivity index (χ0) is 22.0. The number of fused-ring (bicyclic) bond motifs is 1. The van der Waals surface area contributed by atoms with Crippen molar-refractivity contribution in [1.29, 1.82) is 0 Å². The van der Waals surface area contributed by atoms with Crippen LogP contribution < -0.4 is 15.5 Å². The molecule has 3 N–H and O–H groups in total. The Labute approximate surface area is 183 Å². The molecule has 1 aliphatic rings. The van der Waals surface area contributed by atoms with E-state index in [-0.39, 0.29) is 12.0 Å². The fourth-order valence-electron chi connectivity index (χ4n) is 3.15. The lowest BCUT2D eigenvalue weighted by Crippen LogP contribution is -2.36. The Kier molecular flexibility index (Phi) is 5.99. The summed E-state index contributed by atoms with van der Waals surface area (Å²) in [7, 11) is 0. The normalized spacial score (nSPS) is 14.6. The summed E-state index contributed by atoms with van der Waals surface area (Å²) in [5.41, 5.74) is 0.426. The van der Waals surface area contributed by atoms with Crippen LogP contribution in [0.2, 0.25) is 0 Å². The van der Waals surface area contributed by atoms with Gasteiger partial charge in [0.1, 0.15) is 0 Å². The first-order valence-electron chi connectivity index (χ1n) is 10.1. The van der Waals surface area contributed by atoms with E-state index >= 15 is 0 Å². The molecule has 4 rings (SSSR count). The van der Waals surface area contributed by atoms with E-state index in [0.29, 0.717) is 31.1 Å². The summed E-state index contributed by atoms with van der Waals surface area (Å²) in [5.74, 6) is 1.50. The fourth-order valence-corrected chi connectivity index (χ4v) is 4.26. The molecule has 0 aromatic carbocycles. The molecule has 0 saturated carbocycles. The van der Waals surface area contributed by atoms with E-state index in [1.807, 2.05) is 13.0 Å². The number of hydrogen-bond acceptors (Lipinski definition) is 9. The number of thiophene rings is 1. The standard InChI is InChI=1S/C20H25N7O3S/c1-4-21-19(28)26-18-22-10-12(11-23-18)16-24-13-9-14(20(2,3)29)31-15(13)17(25-16)27-5-7-30-8-6-27/h9-11,29H,4-8H2,1-3H3,(H2,21,22,23,26,28). The van der Waals surface area contributed by atoms with Gasteiger partial charge < -0.3 is 20.1 Å². The quantitative estimate of drug-likeness (QED) is 0.549. The third kappa shape index (κ3) is 4.73. The molecule has 10 nitrogen and oxygen atoms in total. The molecule has 0 bridgehead atoms. The van der Waals surface area contributed by atoms with Gasteiger partial charge in [-0.05, 0) is 26.8 Å². The maximum absolute atomic E-state index is 11.7. The Morgan fingerprint density at radius 1 is 1.26 bits per heavy atom. The molecule has 3 aromatic heterocycles. The second-order valence-corrected chi connectivity index (χ2v) is 8.69. The number of morpholine rings is 1. The molecule has 1 fully saturated rings. The lowest BCUT2D eigenvalue weighted by Gasteiger charge is -2.28. The first-order chi connectivity index (χ1) is 14.8. The molecule has 1 saturated heterocycles. The highest BCUT2D eigenvalue weighted by Gasteiger charge is 2.24. The number of ether oxygens (including phenoxy) is 1. The van der Waals surface area contributed by atoms with Gasteiger partial charge >= 0.3 is 6.03 Å². The number of carbonyl (C=O) groups is 1. The van der Waals surface area contributed by atoms with Gasteiger partial charge in [-0.25, -0.2) is 24.7 Å². The van der Waals surface area contributed by atoms with Crippen LogP contribution in [0.1, 0.15) is 25.6 Å². The van der Waals surface area contributed by atoms with Crippen LogP contribution in [0, 0.1) is 0 Å². The van der Waals surface area contributed by atoms with Crippen LogP contribution in [0.15, 0.2) is 18.5 Å². The van der Waals surface area contributed by atoms with E-state index in [0.717, 1.165) is 34.0 Å². The van der Waals surface area contributed by atoms with Crippen molar-refractivity contribution in [2.45, 2.75) is 26.4 Å². The second kappa shape index (κ2) is 8.69. The summed E-state index contributed by atoms with van der Waals surface area (Å²) < 4.78 is 6.42. The van der Waals surface area contributed by atoms with E-state index in [9.17, 15) is 9.90 Å². The number of urea groups is 1. The van der Waals surface area contributed by atoms with Crippen LogP contribution in [0.3, 0.4) is 0 Å². The molecule has 1 aliphatic heterocycles. The van der Waals surface area contributed by atoms with Gasteiger partial charge in [-0.1, -0.05) is 0 Å². The van der Waals surface area contributed by atoms with Gasteiger partial charge in [0, 0.05) is 36.9 Å². The number of nitrogens with zero attached hydrogens (tertiary/aromatic N) is 5. The predicted molar refractivity (Wildman–Crippen MR) is 119 cm³/mol. The van der Waals surface area contributed by atoms with Crippen molar-refractivity contribution in [1.82, 2.24) is 25.3 Å². The number of amides is 2. The minimum absolute atomic E-state index is 0.198. The van der Waals surface area contributed by atoms with Crippen molar-refractivity contribution in [3.05, 3.63) is 23.3 Å². The molecule has 0 radical (unpaired) electrons. The maximum atomic E-state index is 11.7. The van der Waals surface area contributed by atoms with Crippen molar-refractivity contribution in [2.24, 2.45) is 0 Å². The van der Waals surface area contributed by atoms with E-state index in [1.54, 1.807) is 26.2 Å². The lowest BCUT2D eigenvalue weighted by molar-refractivity contribution is 0.0826. The minimum atomic E-state index is -0.969. The smallest absolute Gasteiger partial charge is 0.321 e. The average molecular weight is 444 g/mol. The van der Waals surface area contributed by atoms with E-state index in [2.05, 4.69) is 25.5 Å². The third-order valence-corrected chi connectivity index (χ3v) is 6.17. The largest absolute Gasteiger partial charge is 0.385 e. The number of aliphatic hydroxyl groups is 1. The first kappa shape index (κ1) is 21.3. The molecular formula is C20H25N7O3S. The van der Waals surface area contributed by atoms with Gasteiger partial charge in [-0.3, -0.25) is 5.32 Å². The summed E-state index contributed by atoms with van der Waals surface area (Å²) in [6.07, 6.45) is 3.17. The molecule has 4 heterocycles. The van der Waals surface area contributed by atoms with Gasteiger partial charge in [0.15, 0.2) is 11.6 Å². The Hall–Kier alpha value is -2.89. The highest BCUT2D eigenvalue weighted by molar-refractivity contribution is 7.19. The number of anilines is 2. The molecule has 3 aromatic rings. The van der Waals surface area contributed by atoms with Crippen molar-refractivity contribution >= 4 is 39.4 Å². The SMILES string of the molecule is CCNC(=O)Nc1ncc(-c2nc(N3CCOCC3)c3sc(C(C)(C)O)cc3n2)cn1. The topological polar surface area (TPSA) is 125 Å². The Morgan fingerprint density at radius 2 is 1.97 bits per heavy atom. The summed E-state index contributed by atoms with van der Waals surface area (Å²) >= 11 is 1.50. The number of aromatic nitrogens is 4. The van der Waals surface area contributed by atoms with Crippen LogP contribution in [-0.4, -0.2) is 63.9 Å². The summed E-state index contributed by atoms with van der Waals surface area (Å²) in [5, 5.41) is 15.7. The highest BCUT2D eigenvalue weighted by Crippen LogP contribution is 2.38. The molecule has 0 atom stereocenters. The van der Waals surface area contributed by atoms with Gasteiger partial charge in [-0.15, -0.1) is 11.3 Å². The highest BCUT2D eigenvalue weighted by atomic mass is 32.1. The van der Waals surface area contributed by atoms with Crippen molar-refractivity contribution < 1.29 is 14.6 Å². The average Bonchev–Trinajstić information content (AvgIpc) is 3.19. The molecule has 31 heavy (non-hydrogen) atoms. The maximum Gasteiger partial charge on any atom is 0.321 e. The first-order valence-corrected chi connectivity index (χ1v) is 10.9. The molecule has 2 amide bonds. The van der Waals surface area contributed by atoms with Gasteiger partial charge in [-0.2, -0.15) is 0 Å². The molecule has 0 spiro atoms. The lowest BCUT2D eigenvalue weighted by atomic mass is 10.1. The van der Waals surface area contributed by atoms with Crippen LogP contribution in [-0.2, 0) is 10.3 Å². The van der Waals surface area contributed by atoms with Crippen LogP contribution in [0.4, 0.5) is 16.6 Å². The Balaban J connectivity index is 1.73. The van der Waals surface area contributed by atoms with Gasteiger partial charge in [0.05, 0.1) is 34.6 Å². The molecule has 0 aliphatic carbocycles. The number of carbonyl (C=O) groups excluding carboxylic acids is 1. The number of hydrogen-bond donors (Lipinski definition) is 3. The van der Waals surface area contributed by atoms with E-state index in [4.69, 9.17) is 14.7 Å². The molecule has 0 unspecified atom stereocenters. The molecular weight excluding hydrogens is 418 g/mol. The fraction of sp³-hybridized carbons (Fsp3) is 0.450. The van der Waals surface area contributed by atoms with Crippen molar-refractivity contribution in [2.75, 3.05) is 43.1 Å². The second-order valence-electron chi connectivity index (χ2n) is 7.63. The minimum Gasteiger partial charge on any atom is -0.385 e. The number of nitrogens with one attached hydrogen (secondary N) is 2. The third-order valence-electron chi connectivity index (χ3n) is 4.74. The van der Waals surface area contributed by atoms with Crippen LogP contribution >= 0.6 is 11.3 Å².